The van der Waals surface area contributed by atoms with Crippen molar-refractivity contribution in [2.45, 2.75) is 26.3 Å². The van der Waals surface area contributed by atoms with Gasteiger partial charge in [-0.15, -0.1) is 0 Å². The summed E-state index contributed by atoms with van der Waals surface area (Å²) in [7, 11) is -3.17. The molecule has 2 aromatic rings. The average Bonchev–Trinajstić information content (AvgIpc) is 3.29. The number of likely N-dealkylation sites (N-methyl/N-ethyl adjacent to an activating group) is 1. The van der Waals surface area contributed by atoms with E-state index in [1.807, 2.05) is 0 Å². The number of hydrogen-bond acceptors (Lipinski definition) is 7. The lowest BCUT2D eigenvalue weighted by Gasteiger charge is -2.26. The second-order valence-electron chi connectivity index (χ2n) is 8.31. The zero-order valence-electron chi connectivity index (χ0n) is 18.8. The monoisotopic (exact) mass is 484 g/mol. The molecule has 0 N–H and O–H groups in total. The van der Waals surface area contributed by atoms with Gasteiger partial charge in [0.2, 0.25) is 0 Å². The number of fused-ring (bicyclic) bond motifs is 1. The number of para-hydroxylation sites is 1. The summed E-state index contributed by atoms with van der Waals surface area (Å²) in [6, 6.07) is 10.6. The van der Waals surface area contributed by atoms with Crippen molar-refractivity contribution >= 4 is 39.2 Å². The lowest BCUT2D eigenvalue weighted by molar-refractivity contribution is -0.136. The molecule has 0 aliphatic carbocycles. The predicted octanol–water partition coefficient (Wildman–Crippen LogP) is 1.99. The molecular formula is C24H24N2O7S. The van der Waals surface area contributed by atoms with Crippen LogP contribution >= 0.6 is 0 Å². The molecule has 2 aliphatic rings. The number of benzene rings is 2. The van der Waals surface area contributed by atoms with E-state index in [2.05, 4.69) is 0 Å². The van der Waals surface area contributed by atoms with Crippen LogP contribution in [0.15, 0.2) is 42.5 Å². The Morgan fingerprint density at radius 1 is 1.09 bits per heavy atom. The van der Waals surface area contributed by atoms with Crippen LogP contribution in [-0.4, -0.2) is 67.7 Å². The molecule has 0 radical (unpaired) electrons. The van der Waals surface area contributed by atoms with Crippen molar-refractivity contribution in [3.8, 4) is 0 Å². The number of carbonyl (C=O) groups excluding carboxylic acids is 4. The van der Waals surface area contributed by atoms with Gasteiger partial charge in [0.1, 0.15) is 0 Å². The summed E-state index contributed by atoms with van der Waals surface area (Å²) in [5, 5.41) is 0. The Morgan fingerprint density at radius 3 is 2.44 bits per heavy atom. The van der Waals surface area contributed by atoms with Crippen molar-refractivity contribution in [1.82, 2.24) is 4.90 Å². The minimum atomic E-state index is -3.17. The van der Waals surface area contributed by atoms with Gasteiger partial charge >= 0.3 is 5.97 Å². The summed E-state index contributed by atoms with van der Waals surface area (Å²) in [6.45, 7) is 3.26. The highest BCUT2D eigenvalue weighted by molar-refractivity contribution is 7.91. The van der Waals surface area contributed by atoms with E-state index in [0.29, 0.717) is 18.7 Å². The first-order valence-corrected chi connectivity index (χ1v) is 12.7. The number of ether oxygens (including phenoxy) is 1. The molecule has 9 nitrogen and oxygen atoms in total. The van der Waals surface area contributed by atoms with E-state index in [4.69, 9.17) is 4.74 Å². The summed E-state index contributed by atoms with van der Waals surface area (Å²) in [5.41, 5.74) is 1.52. The van der Waals surface area contributed by atoms with Crippen molar-refractivity contribution < 1.29 is 32.3 Å². The normalized spacial score (nSPS) is 18.6. The van der Waals surface area contributed by atoms with E-state index in [1.165, 1.54) is 23.1 Å². The van der Waals surface area contributed by atoms with Gasteiger partial charge in [-0.1, -0.05) is 18.2 Å². The van der Waals surface area contributed by atoms with Crippen molar-refractivity contribution in [2.75, 3.05) is 29.6 Å². The highest BCUT2D eigenvalue weighted by Crippen LogP contribution is 2.31. The molecule has 0 bridgehead atoms. The summed E-state index contributed by atoms with van der Waals surface area (Å²) < 4.78 is 28.6. The molecule has 0 aromatic heterocycles. The maximum absolute atomic E-state index is 13.0. The van der Waals surface area contributed by atoms with E-state index in [1.54, 1.807) is 38.1 Å². The number of carbonyl (C=O) groups is 4. The molecule has 0 spiro atoms. The Kier molecular flexibility index (Phi) is 6.26. The molecule has 2 aliphatic heterocycles. The molecule has 3 amide bonds. The SMILES string of the molecule is CCN(C(=O)COC(=O)c1ccc2c(c1)C(=O)N(c1ccccc1C)C2=O)C1CCS(=O)(=O)C1. The van der Waals surface area contributed by atoms with Gasteiger partial charge in [0.25, 0.3) is 17.7 Å². The van der Waals surface area contributed by atoms with Crippen LogP contribution in [0.3, 0.4) is 0 Å². The molecular weight excluding hydrogens is 460 g/mol. The smallest absolute Gasteiger partial charge is 0.338 e. The zero-order valence-corrected chi connectivity index (χ0v) is 19.6. The molecule has 34 heavy (non-hydrogen) atoms. The van der Waals surface area contributed by atoms with Crippen molar-refractivity contribution in [1.29, 1.82) is 0 Å². The molecule has 0 saturated carbocycles. The molecule has 2 aromatic carbocycles. The van der Waals surface area contributed by atoms with Gasteiger partial charge in [-0.3, -0.25) is 14.4 Å². The Labute approximate surface area is 197 Å². The molecule has 1 unspecified atom stereocenters. The Hall–Kier alpha value is -3.53. The van der Waals surface area contributed by atoms with Crippen molar-refractivity contribution in [3.05, 3.63) is 64.7 Å². The lowest BCUT2D eigenvalue weighted by atomic mass is 10.1. The maximum Gasteiger partial charge on any atom is 0.338 e. The minimum absolute atomic E-state index is 0.0304. The second-order valence-corrected chi connectivity index (χ2v) is 10.5. The molecule has 178 valence electrons. The van der Waals surface area contributed by atoms with E-state index < -0.39 is 46.2 Å². The quantitative estimate of drug-likeness (QED) is 0.454. The van der Waals surface area contributed by atoms with Gasteiger partial charge in [0.15, 0.2) is 16.4 Å². The van der Waals surface area contributed by atoms with Gasteiger partial charge in [0.05, 0.1) is 33.9 Å². The van der Waals surface area contributed by atoms with Crippen LogP contribution in [0.25, 0.3) is 0 Å². The van der Waals surface area contributed by atoms with Gasteiger partial charge < -0.3 is 9.64 Å². The van der Waals surface area contributed by atoms with Crippen molar-refractivity contribution in [3.63, 3.8) is 0 Å². The van der Waals surface area contributed by atoms with Crippen molar-refractivity contribution in [2.24, 2.45) is 0 Å². The first-order valence-electron chi connectivity index (χ1n) is 10.9. The van der Waals surface area contributed by atoms with Crippen LogP contribution in [0.5, 0.6) is 0 Å². The van der Waals surface area contributed by atoms with Gasteiger partial charge in [-0.05, 0) is 50.1 Å². The van der Waals surface area contributed by atoms with E-state index >= 15 is 0 Å². The topological polar surface area (TPSA) is 118 Å². The number of rotatable bonds is 6. The number of sulfone groups is 1. The average molecular weight is 485 g/mol. The number of aryl methyl sites for hydroxylation is 1. The molecule has 1 atom stereocenters. The standard InChI is InChI=1S/C24H24N2O7S/c1-3-25(17-10-11-34(31,32)14-17)21(27)13-33-24(30)16-8-9-18-19(12-16)23(29)26(22(18)28)20-7-5-4-6-15(20)2/h4-9,12,17H,3,10-11,13-14H2,1-2H3. The fourth-order valence-corrected chi connectivity index (χ4v) is 6.08. The lowest BCUT2D eigenvalue weighted by Crippen LogP contribution is -2.43. The highest BCUT2D eigenvalue weighted by Gasteiger charge is 2.38. The fraction of sp³-hybridized carbons (Fsp3) is 0.333. The van der Waals surface area contributed by atoms with Crippen LogP contribution < -0.4 is 4.90 Å². The molecule has 2 heterocycles. The summed E-state index contributed by atoms with van der Waals surface area (Å²) in [4.78, 5) is 53.4. The number of esters is 1. The van der Waals surface area contributed by atoms with E-state index in [0.717, 1.165) is 10.5 Å². The van der Waals surface area contributed by atoms with Crippen LogP contribution in [0, 0.1) is 6.92 Å². The number of imide groups is 1. The maximum atomic E-state index is 13.0. The second kappa shape index (κ2) is 9.02. The summed E-state index contributed by atoms with van der Waals surface area (Å²) >= 11 is 0. The zero-order chi connectivity index (χ0) is 24.6. The van der Waals surface area contributed by atoms with Crippen LogP contribution in [0.2, 0.25) is 0 Å². The van der Waals surface area contributed by atoms with Crippen LogP contribution in [0.4, 0.5) is 5.69 Å². The Balaban J connectivity index is 1.46. The third-order valence-corrected chi connectivity index (χ3v) is 7.87. The third-order valence-electron chi connectivity index (χ3n) is 6.12. The summed E-state index contributed by atoms with van der Waals surface area (Å²) in [5.74, 6) is -2.40. The highest BCUT2D eigenvalue weighted by atomic mass is 32.2. The van der Waals surface area contributed by atoms with Gasteiger partial charge in [-0.25, -0.2) is 18.1 Å². The van der Waals surface area contributed by atoms with Gasteiger partial charge in [-0.2, -0.15) is 0 Å². The minimum Gasteiger partial charge on any atom is -0.452 e. The largest absolute Gasteiger partial charge is 0.452 e. The Morgan fingerprint density at radius 2 is 1.79 bits per heavy atom. The number of nitrogens with zero attached hydrogens (tertiary/aromatic N) is 2. The van der Waals surface area contributed by atoms with Crippen LogP contribution in [-0.2, 0) is 19.4 Å². The molecule has 10 heteroatoms. The first kappa shape index (κ1) is 23.6. The number of amides is 3. The number of hydrogen-bond donors (Lipinski definition) is 0. The van der Waals surface area contributed by atoms with E-state index in [-0.39, 0.29) is 28.2 Å². The van der Waals surface area contributed by atoms with Gasteiger partial charge in [0, 0.05) is 12.6 Å². The van der Waals surface area contributed by atoms with Crippen LogP contribution in [0.1, 0.15) is 50.0 Å². The Bertz CT molecular complexity index is 1300. The predicted molar refractivity (Wildman–Crippen MR) is 123 cm³/mol. The molecule has 1 fully saturated rings. The number of anilines is 1. The summed E-state index contributed by atoms with van der Waals surface area (Å²) in [6.07, 6.45) is 0.355. The first-order chi connectivity index (χ1) is 16.1. The molecule has 1 saturated heterocycles. The fourth-order valence-electron chi connectivity index (χ4n) is 4.35. The molecule has 4 rings (SSSR count). The third kappa shape index (κ3) is 4.33. The van der Waals surface area contributed by atoms with E-state index in [9.17, 15) is 27.6 Å².